The average Bonchev–Trinajstić information content (AvgIpc) is 1.60. The molecular formula is C9H17OY-. The molecule has 0 amide bonds. The zero-order valence-corrected chi connectivity index (χ0v) is 10.8. The number of hydrogen-bond donors (Lipinski definition) is 0. The van der Waals surface area contributed by atoms with Gasteiger partial charge in [0.2, 0.25) is 0 Å². The number of hydrogen-bond acceptors (Lipinski definition) is 1. The van der Waals surface area contributed by atoms with Gasteiger partial charge in [-0.05, 0) is 13.3 Å². The molecule has 0 aromatic rings. The van der Waals surface area contributed by atoms with Crippen molar-refractivity contribution in [3.8, 4) is 0 Å². The summed E-state index contributed by atoms with van der Waals surface area (Å²) in [6, 6.07) is 0. The van der Waals surface area contributed by atoms with Crippen molar-refractivity contribution < 1.29 is 37.5 Å². The topological polar surface area (TPSA) is 17.1 Å². The quantitative estimate of drug-likeness (QED) is 0.666. The molecule has 0 saturated heterocycles. The second kappa shape index (κ2) is 5.42. The molecule has 0 aliphatic carbocycles. The summed E-state index contributed by atoms with van der Waals surface area (Å²) in [5.41, 5.74) is 0.158. The second-order valence-electron chi connectivity index (χ2n) is 3.97. The zero-order chi connectivity index (χ0) is 8.36. The van der Waals surface area contributed by atoms with E-state index in [0.29, 0.717) is 6.42 Å². The zero-order valence-electron chi connectivity index (χ0n) is 7.98. The molecule has 0 fully saturated rings. The van der Waals surface area contributed by atoms with E-state index in [1.807, 2.05) is 0 Å². The summed E-state index contributed by atoms with van der Waals surface area (Å²) in [6.07, 6.45) is 0.601. The SMILES string of the molecule is [CH2-]C(CC(C)=O)C(C)(C)C.[Y]. The molecule has 1 unspecified atom stereocenters. The number of rotatable bonds is 2. The monoisotopic (exact) mass is 230 g/mol. The largest absolute Gasteiger partial charge is 0.339 e. The van der Waals surface area contributed by atoms with Crippen LogP contribution in [0.1, 0.15) is 34.1 Å². The third kappa shape index (κ3) is 7.15. The molecule has 0 heterocycles. The molecule has 11 heavy (non-hydrogen) atoms. The van der Waals surface area contributed by atoms with E-state index in [0.717, 1.165) is 0 Å². The Morgan fingerprint density at radius 2 is 1.82 bits per heavy atom. The fourth-order valence-electron chi connectivity index (χ4n) is 0.653. The predicted molar refractivity (Wildman–Crippen MR) is 43.6 cm³/mol. The maximum absolute atomic E-state index is 10.7. The fraction of sp³-hybridized carbons (Fsp3) is 0.778. The van der Waals surface area contributed by atoms with Crippen molar-refractivity contribution in [2.75, 3.05) is 0 Å². The molecule has 0 spiro atoms. The molecular weight excluding hydrogens is 213 g/mol. The van der Waals surface area contributed by atoms with E-state index >= 15 is 0 Å². The van der Waals surface area contributed by atoms with E-state index in [1.54, 1.807) is 6.92 Å². The fourth-order valence-corrected chi connectivity index (χ4v) is 0.653. The van der Waals surface area contributed by atoms with Crippen molar-refractivity contribution in [2.24, 2.45) is 11.3 Å². The van der Waals surface area contributed by atoms with Gasteiger partial charge in [0.1, 0.15) is 5.78 Å². The van der Waals surface area contributed by atoms with Gasteiger partial charge in [-0.15, -0.1) is 0 Å². The van der Waals surface area contributed by atoms with Crippen LogP contribution in [0.5, 0.6) is 0 Å². The number of carbonyl (C=O) groups excluding carboxylic acids is 1. The molecule has 0 saturated carbocycles. The van der Waals surface area contributed by atoms with Crippen LogP contribution in [0.25, 0.3) is 0 Å². The molecule has 1 radical (unpaired) electrons. The molecule has 1 nitrogen and oxygen atoms in total. The van der Waals surface area contributed by atoms with E-state index < -0.39 is 0 Å². The van der Waals surface area contributed by atoms with Crippen LogP contribution in [0, 0.1) is 18.3 Å². The molecule has 0 aliphatic heterocycles. The van der Waals surface area contributed by atoms with Crippen molar-refractivity contribution >= 4 is 5.78 Å². The van der Waals surface area contributed by atoms with Gasteiger partial charge in [0.25, 0.3) is 0 Å². The van der Waals surface area contributed by atoms with Gasteiger partial charge >= 0.3 is 0 Å². The molecule has 0 aromatic heterocycles. The van der Waals surface area contributed by atoms with E-state index in [1.165, 1.54) is 0 Å². The van der Waals surface area contributed by atoms with Crippen molar-refractivity contribution in [3.63, 3.8) is 0 Å². The normalized spacial score (nSPS) is 13.5. The summed E-state index contributed by atoms with van der Waals surface area (Å²) < 4.78 is 0. The summed E-state index contributed by atoms with van der Waals surface area (Å²) in [5, 5.41) is 0. The third-order valence-electron chi connectivity index (χ3n) is 1.76. The molecule has 0 aromatic carbocycles. The molecule has 1 atom stereocenters. The van der Waals surface area contributed by atoms with Crippen molar-refractivity contribution in [1.29, 1.82) is 0 Å². The number of ketones is 1. The Kier molecular flexibility index (Phi) is 7.06. The average molecular weight is 230 g/mol. The van der Waals surface area contributed by atoms with Crippen LogP contribution in [-0.2, 0) is 37.5 Å². The van der Waals surface area contributed by atoms with E-state index in [9.17, 15) is 4.79 Å². The van der Waals surface area contributed by atoms with E-state index in [4.69, 9.17) is 0 Å². The van der Waals surface area contributed by atoms with Crippen molar-refractivity contribution in [1.82, 2.24) is 0 Å². The number of carbonyl (C=O) groups is 1. The van der Waals surface area contributed by atoms with Crippen molar-refractivity contribution in [2.45, 2.75) is 34.1 Å². The Morgan fingerprint density at radius 1 is 1.45 bits per heavy atom. The minimum atomic E-state index is 0. The summed E-state index contributed by atoms with van der Waals surface area (Å²) in [6.45, 7) is 11.9. The summed E-state index contributed by atoms with van der Waals surface area (Å²) in [5.74, 6) is 0.472. The van der Waals surface area contributed by atoms with Gasteiger partial charge in [-0.2, -0.15) is 5.92 Å². The molecule has 63 valence electrons. The first kappa shape index (κ1) is 14.3. The van der Waals surface area contributed by atoms with Crippen LogP contribution >= 0.6 is 0 Å². The smallest absolute Gasteiger partial charge is 0.127 e. The van der Waals surface area contributed by atoms with Crippen LogP contribution in [0.4, 0.5) is 0 Å². The van der Waals surface area contributed by atoms with Crippen LogP contribution in [0.15, 0.2) is 0 Å². The van der Waals surface area contributed by atoms with E-state index in [-0.39, 0.29) is 49.8 Å². The Hall–Kier alpha value is 0.774. The predicted octanol–water partition coefficient (Wildman–Crippen LogP) is 2.46. The first-order valence-corrected chi connectivity index (χ1v) is 3.66. The number of Topliss-reactive ketones (excluding diaryl/α,β-unsaturated/α-hetero) is 1. The van der Waals surface area contributed by atoms with Gasteiger partial charge in [-0.3, -0.25) is 0 Å². The standard InChI is InChI=1S/C9H17O.Y/c1-7(6-8(2)10)9(3,4)5;/h7H,1,6H2,2-5H3;/q-1;. The van der Waals surface area contributed by atoms with Crippen LogP contribution in [0.3, 0.4) is 0 Å². The van der Waals surface area contributed by atoms with Gasteiger partial charge in [0.05, 0.1) is 0 Å². The summed E-state index contributed by atoms with van der Waals surface area (Å²) >= 11 is 0. The van der Waals surface area contributed by atoms with Gasteiger partial charge < -0.3 is 11.7 Å². The first-order valence-electron chi connectivity index (χ1n) is 3.66. The van der Waals surface area contributed by atoms with Crippen LogP contribution in [0.2, 0.25) is 0 Å². The molecule has 0 N–H and O–H groups in total. The van der Waals surface area contributed by atoms with Crippen molar-refractivity contribution in [3.05, 3.63) is 6.92 Å². The van der Waals surface area contributed by atoms with Crippen LogP contribution in [-0.4, -0.2) is 5.78 Å². The van der Waals surface area contributed by atoms with Gasteiger partial charge in [0.15, 0.2) is 0 Å². The maximum Gasteiger partial charge on any atom is 0.127 e. The third-order valence-corrected chi connectivity index (χ3v) is 1.76. The van der Waals surface area contributed by atoms with Gasteiger partial charge in [0, 0.05) is 32.7 Å². The molecule has 2 heteroatoms. The molecule has 0 rings (SSSR count). The van der Waals surface area contributed by atoms with Gasteiger partial charge in [-0.1, -0.05) is 26.2 Å². The van der Waals surface area contributed by atoms with Crippen LogP contribution < -0.4 is 0 Å². The Morgan fingerprint density at radius 3 is 1.91 bits per heavy atom. The van der Waals surface area contributed by atoms with Gasteiger partial charge in [-0.25, -0.2) is 0 Å². The van der Waals surface area contributed by atoms with E-state index in [2.05, 4.69) is 27.7 Å². The first-order chi connectivity index (χ1) is 4.34. The second-order valence-corrected chi connectivity index (χ2v) is 3.97. The minimum Gasteiger partial charge on any atom is -0.339 e. The minimum absolute atomic E-state index is 0. The Balaban J connectivity index is 0. The Labute approximate surface area is 95.2 Å². The summed E-state index contributed by atoms with van der Waals surface area (Å²) in [4.78, 5) is 10.7. The molecule has 0 bridgehead atoms. The summed E-state index contributed by atoms with van der Waals surface area (Å²) in [7, 11) is 0. The Bertz CT molecular complexity index is 124. The maximum atomic E-state index is 10.7. The molecule has 0 aliphatic rings.